The van der Waals surface area contributed by atoms with Gasteiger partial charge in [-0.3, -0.25) is 4.79 Å². The fourth-order valence-electron chi connectivity index (χ4n) is 2.12. The molecule has 2 heterocycles. The number of alkyl halides is 1. The predicted molar refractivity (Wildman–Crippen MR) is 78.9 cm³/mol. The van der Waals surface area contributed by atoms with Gasteiger partial charge >= 0.3 is 0 Å². The second-order valence-electron chi connectivity index (χ2n) is 4.68. The third-order valence-electron chi connectivity index (χ3n) is 3.22. The maximum Gasteiger partial charge on any atom is 0.223 e. The van der Waals surface area contributed by atoms with Crippen molar-refractivity contribution in [3.8, 4) is 11.4 Å². The first-order chi connectivity index (χ1) is 10.1. The first kappa shape index (κ1) is 13.2. The van der Waals surface area contributed by atoms with Crippen LogP contribution >= 0.6 is 0 Å². The topological polar surface area (TPSA) is 54.3 Å². The molecule has 2 aromatic rings. The van der Waals surface area contributed by atoms with Crippen LogP contribution in [-0.2, 0) is 0 Å². The lowest BCUT2D eigenvalue weighted by atomic mass is 10.0. The van der Waals surface area contributed by atoms with Crippen molar-refractivity contribution in [3.05, 3.63) is 76.9 Å². The van der Waals surface area contributed by atoms with Crippen molar-refractivity contribution in [2.45, 2.75) is 6.30 Å². The lowest BCUT2D eigenvalue weighted by Gasteiger charge is -2.14. The van der Waals surface area contributed by atoms with Crippen LogP contribution in [0.1, 0.15) is 5.56 Å². The van der Waals surface area contributed by atoms with Crippen molar-refractivity contribution in [2.75, 3.05) is 0 Å². The molecule has 106 valence electrons. The number of nitrogens with zero attached hydrogens (tertiary/aromatic N) is 1. The summed E-state index contributed by atoms with van der Waals surface area (Å²) in [6, 6.07) is 8.81. The van der Waals surface area contributed by atoms with Gasteiger partial charge in [0.05, 0.1) is 6.20 Å². The summed E-state index contributed by atoms with van der Waals surface area (Å²) < 4.78 is 14.6. The quantitative estimate of drug-likeness (QED) is 0.832. The van der Waals surface area contributed by atoms with Crippen LogP contribution in [0.5, 0.6) is 5.75 Å². The van der Waals surface area contributed by atoms with Gasteiger partial charge in [-0.2, -0.15) is 0 Å². The molecular formula is C16H13FN2O2. The lowest BCUT2D eigenvalue weighted by molar-refractivity contribution is 0.365. The molecular weight excluding hydrogens is 271 g/mol. The molecule has 0 spiro atoms. The van der Waals surface area contributed by atoms with E-state index in [4.69, 9.17) is 0 Å². The number of halogens is 1. The van der Waals surface area contributed by atoms with Crippen molar-refractivity contribution in [1.82, 2.24) is 9.88 Å². The van der Waals surface area contributed by atoms with Gasteiger partial charge in [-0.1, -0.05) is 18.2 Å². The van der Waals surface area contributed by atoms with Gasteiger partial charge in [0.15, 0.2) is 12.0 Å². The van der Waals surface area contributed by atoms with Crippen LogP contribution in [0.4, 0.5) is 4.39 Å². The smallest absolute Gasteiger partial charge is 0.223 e. The monoisotopic (exact) mass is 284 g/mol. The van der Waals surface area contributed by atoms with Gasteiger partial charge in [-0.25, -0.2) is 4.39 Å². The summed E-state index contributed by atoms with van der Waals surface area (Å²) in [6.45, 7) is 0. The molecule has 0 saturated carbocycles. The first-order valence-electron chi connectivity index (χ1n) is 6.44. The van der Waals surface area contributed by atoms with Gasteiger partial charge in [0.25, 0.3) is 0 Å². The molecule has 5 heteroatoms. The lowest BCUT2D eigenvalue weighted by Crippen LogP contribution is -2.19. The molecule has 1 aromatic carbocycles. The molecule has 1 aliphatic heterocycles. The summed E-state index contributed by atoms with van der Waals surface area (Å²) in [6.07, 6.45) is 6.56. The van der Waals surface area contributed by atoms with Crippen LogP contribution in [0.3, 0.4) is 0 Å². The van der Waals surface area contributed by atoms with Crippen LogP contribution in [0.25, 0.3) is 11.3 Å². The molecule has 0 saturated heterocycles. The minimum absolute atomic E-state index is 0.304. The Hall–Kier alpha value is -2.82. The Morgan fingerprint density at radius 3 is 2.86 bits per heavy atom. The van der Waals surface area contributed by atoms with E-state index in [9.17, 15) is 14.3 Å². The van der Waals surface area contributed by atoms with Gasteiger partial charge in [-0.15, -0.1) is 0 Å². The number of allylic oxidation sites excluding steroid dienone is 2. The summed E-state index contributed by atoms with van der Waals surface area (Å²) in [5.74, 6) is -0.304. The second-order valence-corrected chi connectivity index (χ2v) is 4.68. The minimum Gasteiger partial charge on any atom is -0.503 e. The van der Waals surface area contributed by atoms with Crippen LogP contribution < -0.4 is 10.7 Å². The molecule has 0 radical (unpaired) electrons. The van der Waals surface area contributed by atoms with Crippen LogP contribution in [-0.4, -0.2) is 16.0 Å². The fraction of sp³-hybridized carbons (Fsp3) is 0.0625. The number of aromatic nitrogens is 1. The SMILES string of the molecule is O=c1ccn(-c2cccc(C3=CNC(F)C=C3)c2)cc1O. The van der Waals surface area contributed by atoms with Crippen LogP contribution in [0, 0.1) is 0 Å². The number of pyridine rings is 1. The van der Waals surface area contributed by atoms with Crippen molar-refractivity contribution in [1.29, 1.82) is 0 Å². The highest BCUT2D eigenvalue weighted by Gasteiger charge is 2.08. The minimum atomic E-state index is -1.16. The molecule has 1 unspecified atom stereocenters. The Bertz CT molecular complexity index is 793. The second kappa shape index (κ2) is 5.28. The van der Waals surface area contributed by atoms with E-state index < -0.39 is 11.7 Å². The molecule has 0 bridgehead atoms. The van der Waals surface area contributed by atoms with E-state index in [1.54, 1.807) is 23.0 Å². The molecule has 3 rings (SSSR count). The van der Waals surface area contributed by atoms with Gasteiger partial charge in [0, 0.05) is 24.2 Å². The van der Waals surface area contributed by atoms with E-state index in [1.807, 2.05) is 24.3 Å². The Morgan fingerprint density at radius 2 is 2.14 bits per heavy atom. The van der Waals surface area contributed by atoms with Gasteiger partial charge in [0.2, 0.25) is 5.43 Å². The van der Waals surface area contributed by atoms with Crippen molar-refractivity contribution < 1.29 is 9.50 Å². The summed E-state index contributed by atoms with van der Waals surface area (Å²) in [4.78, 5) is 11.2. The zero-order valence-electron chi connectivity index (χ0n) is 11.0. The summed E-state index contributed by atoms with van der Waals surface area (Å²) in [7, 11) is 0. The third-order valence-corrected chi connectivity index (χ3v) is 3.22. The standard InChI is InChI=1S/C16H13FN2O2/c17-16-5-4-12(9-18-16)11-2-1-3-13(8-11)19-7-6-14(20)15(21)10-19/h1-10,16,18,21H. The molecule has 1 atom stereocenters. The summed E-state index contributed by atoms with van der Waals surface area (Å²) in [5.41, 5.74) is 2.13. The van der Waals surface area contributed by atoms with Gasteiger partial charge in [0.1, 0.15) is 0 Å². The normalized spacial score (nSPS) is 17.2. The van der Waals surface area contributed by atoms with E-state index in [0.717, 1.165) is 16.8 Å². The molecule has 0 fully saturated rings. The van der Waals surface area contributed by atoms with E-state index >= 15 is 0 Å². The summed E-state index contributed by atoms with van der Waals surface area (Å²) >= 11 is 0. The van der Waals surface area contributed by atoms with E-state index in [2.05, 4.69) is 5.32 Å². The number of dihydropyridines is 1. The average molecular weight is 284 g/mol. The first-order valence-corrected chi connectivity index (χ1v) is 6.44. The van der Waals surface area contributed by atoms with Crippen molar-refractivity contribution >= 4 is 5.57 Å². The fourth-order valence-corrected chi connectivity index (χ4v) is 2.12. The number of hydrogen-bond donors (Lipinski definition) is 2. The number of hydrogen-bond acceptors (Lipinski definition) is 3. The number of rotatable bonds is 2. The van der Waals surface area contributed by atoms with E-state index in [1.165, 1.54) is 18.3 Å². The Labute approximate surface area is 120 Å². The number of aromatic hydroxyl groups is 1. The van der Waals surface area contributed by atoms with E-state index in [-0.39, 0.29) is 5.75 Å². The zero-order chi connectivity index (χ0) is 14.8. The molecule has 2 N–H and O–H groups in total. The number of benzene rings is 1. The predicted octanol–water partition coefficient (Wildman–Crippen LogP) is 2.34. The Morgan fingerprint density at radius 1 is 1.29 bits per heavy atom. The van der Waals surface area contributed by atoms with Crippen molar-refractivity contribution in [2.24, 2.45) is 0 Å². The highest BCUT2D eigenvalue weighted by molar-refractivity contribution is 5.75. The molecule has 4 nitrogen and oxygen atoms in total. The molecule has 21 heavy (non-hydrogen) atoms. The Balaban J connectivity index is 1.98. The third kappa shape index (κ3) is 2.72. The maximum atomic E-state index is 13.0. The molecule has 1 aliphatic rings. The molecule has 0 aliphatic carbocycles. The van der Waals surface area contributed by atoms with Gasteiger partial charge in [-0.05, 0) is 29.3 Å². The van der Waals surface area contributed by atoms with E-state index in [0.29, 0.717) is 0 Å². The van der Waals surface area contributed by atoms with Crippen LogP contribution in [0.2, 0.25) is 0 Å². The van der Waals surface area contributed by atoms with Crippen molar-refractivity contribution in [3.63, 3.8) is 0 Å². The highest BCUT2D eigenvalue weighted by atomic mass is 19.1. The zero-order valence-corrected chi connectivity index (χ0v) is 11.0. The highest BCUT2D eigenvalue weighted by Crippen LogP contribution is 2.21. The average Bonchev–Trinajstić information content (AvgIpc) is 2.51. The molecule has 1 aromatic heterocycles. The van der Waals surface area contributed by atoms with Gasteiger partial charge < -0.3 is 15.0 Å². The van der Waals surface area contributed by atoms with Crippen LogP contribution in [0.15, 0.2) is 65.9 Å². The number of nitrogens with one attached hydrogen (secondary N) is 1. The molecule has 0 amide bonds. The largest absolute Gasteiger partial charge is 0.503 e. The Kier molecular flexibility index (Phi) is 3.31. The maximum absolute atomic E-state index is 13.0. The summed E-state index contributed by atoms with van der Waals surface area (Å²) in [5, 5.41) is 12.1.